The van der Waals surface area contributed by atoms with Gasteiger partial charge in [-0.1, -0.05) is 19.9 Å². The summed E-state index contributed by atoms with van der Waals surface area (Å²) in [6, 6.07) is 3.98. The molecule has 0 bridgehead atoms. The van der Waals surface area contributed by atoms with Crippen molar-refractivity contribution in [1.82, 2.24) is 0 Å². The van der Waals surface area contributed by atoms with Crippen LogP contribution >= 0.6 is 23.1 Å². The highest BCUT2D eigenvalue weighted by atomic mass is 32.2. The maximum Gasteiger partial charge on any atom is 0.0972 e. The average molecular weight is 216 g/mol. The van der Waals surface area contributed by atoms with Crippen LogP contribution in [0.3, 0.4) is 0 Å². The van der Waals surface area contributed by atoms with Gasteiger partial charge >= 0.3 is 0 Å². The second kappa shape index (κ2) is 5.68. The molecule has 1 nitrogen and oxygen atoms in total. The van der Waals surface area contributed by atoms with E-state index in [9.17, 15) is 5.11 Å². The van der Waals surface area contributed by atoms with E-state index in [0.29, 0.717) is 5.25 Å². The highest BCUT2D eigenvalue weighted by Crippen LogP contribution is 2.25. The lowest BCUT2D eigenvalue weighted by Gasteiger charge is -2.11. The number of rotatable bonds is 5. The van der Waals surface area contributed by atoms with Crippen LogP contribution in [0.4, 0.5) is 0 Å². The molecule has 1 heterocycles. The Hall–Kier alpha value is 0.01000. The number of thiophene rings is 1. The second-order valence-corrected chi connectivity index (χ2v) is 5.53. The Morgan fingerprint density at radius 2 is 2.38 bits per heavy atom. The largest absolute Gasteiger partial charge is 0.387 e. The molecule has 2 atom stereocenters. The summed E-state index contributed by atoms with van der Waals surface area (Å²) in [7, 11) is 0. The number of hydrogen-bond donors (Lipinski definition) is 1. The van der Waals surface area contributed by atoms with Crippen molar-refractivity contribution in [2.24, 2.45) is 0 Å². The first-order valence-electron chi connectivity index (χ1n) is 4.57. The molecule has 1 aromatic rings. The van der Waals surface area contributed by atoms with E-state index in [4.69, 9.17) is 0 Å². The van der Waals surface area contributed by atoms with Gasteiger partial charge in [-0.25, -0.2) is 0 Å². The summed E-state index contributed by atoms with van der Waals surface area (Å²) in [6.07, 6.45) is 0.890. The summed E-state index contributed by atoms with van der Waals surface area (Å²) in [4.78, 5) is 1.08. The van der Waals surface area contributed by atoms with Gasteiger partial charge in [0.15, 0.2) is 0 Å². The number of thioether (sulfide) groups is 1. The van der Waals surface area contributed by atoms with Crippen molar-refractivity contribution in [1.29, 1.82) is 0 Å². The standard InChI is InChI=1S/C10H16OS2/c1-3-8(2)13-7-9(11)10-5-4-6-12-10/h4-6,8-9,11H,3,7H2,1-2H3. The fourth-order valence-corrected chi connectivity index (χ4v) is 2.68. The molecule has 13 heavy (non-hydrogen) atoms. The highest BCUT2D eigenvalue weighted by Gasteiger charge is 2.09. The monoisotopic (exact) mass is 216 g/mol. The Bertz CT molecular complexity index is 221. The van der Waals surface area contributed by atoms with Crippen molar-refractivity contribution < 1.29 is 5.11 Å². The van der Waals surface area contributed by atoms with Crippen LogP contribution in [-0.4, -0.2) is 16.1 Å². The molecule has 1 rings (SSSR count). The minimum absolute atomic E-state index is 0.279. The number of aliphatic hydroxyl groups excluding tert-OH is 1. The van der Waals surface area contributed by atoms with Crippen molar-refractivity contribution in [2.75, 3.05) is 5.75 Å². The Kier molecular flexibility index (Phi) is 4.84. The first-order chi connectivity index (χ1) is 6.24. The van der Waals surface area contributed by atoms with E-state index in [-0.39, 0.29) is 6.10 Å². The van der Waals surface area contributed by atoms with Crippen LogP contribution in [0.5, 0.6) is 0 Å². The first-order valence-corrected chi connectivity index (χ1v) is 6.50. The fraction of sp³-hybridized carbons (Fsp3) is 0.600. The lowest BCUT2D eigenvalue weighted by atomic mass is 10.3. The number of hydrogen-bond acceptors (Lipinski definition) is 3. The topological polar surface area (TPSA) is 20.2 Å². The molecular formula is C10H16OS2. The van der Waals surface area contributed by atoms with Gasteiger partial charge in [0.1, 0.15) is 0 Å². The Balaban J connectivity index is 2.30. The fourth-order valence-electron chi connectivity index (χ4n) is 0.936. The van der Waals surface area contributed by atoms with Gasteiger partial charge in [-0.3, -0.25) is 0 Å². The van der Waals surface area contributed by atoms with E-state index in [0.717, 1.165) is 10.6 Å². The molecule has 0 aromatic carbocycles. The highest BCUT2D eigenvalue weighted by molar-refractivity contribution is 7.99. The smallest absolute Gasteiger partial charge is 0.0972 e. The van der Waals surface area contributed by atoms with Gasteiger partial charge in [0.2, 0.25) is 0 Å². The third kappa shape index (κ3) is 3.71. The van der Waals surface area contributed by atoms with Gasteiger partial charge in [0, 0.05) is 15.9 Å². The Morgan fingerprint density at radius 3 is 2.92 bits per heavy atom. The Morgan fingerprint density at radius 1 is 1.62 bits per heavy atom. The van der Waals surface area contributed by atoms with Gasteiger partial charge in [-0.2, -0.15) is 11.8 Å². The van der Waals surface area contributed by atoms with Crippen molar-refractivity contribution in [3.63, 3.8) is 0 Å². The number of aliphatic hydroxyl groups is 1. The third-order valence-electron chi connectivity index (χ3n) is 1.99. The predicted octanol–water partition coefficient (Wildman–Crippen LogP) is 3.31. The zero-order chi connectivity index (χ0) is 9.68. The normalized spacial score (nSPS) is 15.6. The SMILES string of the molecule is CCC(C)SCC(O)c1cccs1. The predicted molar refractivity (Wildman–Crippen MR) is 61.5 cm³/mol. The van der Waals surface area contributed by atoms with Crippen LogP contribution in [0.2, 0.25) is 0 Å². The van der Waals surface area contributed by atoms with Crippen LogP contribution in [-0.2, 0) is 0 Å². The van der Waals surface area contributed by atoms with Gasteiger partial charge in [-0.15, -0.1) is 11.3 Å². The molecule has 74 valence electrons. The molecule has 0 aliphatic carbocycles. The van der Waals surface area contributed by atoms with Gasteiger partial charge in [-0.05, 0) is 17.9 Å². The van der Waals surface area contributed by atoms with Crippen LogP contribution in [0.1, 0.15) is 31.2 Å². The maximum absolute atomic E-state index is 9.74. The average Bonchev–Trinajstić information content (AvgIpc) is 2.66. The van der Waals surface area contributed by atoms with Gasteiger partial charge in [0.05, 0.1) is 6.10 Å². The summed E-state index contributed by atoms with van der Waals surface area (Å²) < 4.78 is 0. The van der Waals surface area contributed by atoms with Gasteiger partial charge < -0.3 is 5.11 Å². The van der Waals surface area contributed by atoms with Crippen molar-refractivity contribution in [3.8, 4) is 0 Å². The van der Waals surface area contributed by atoms with E-state index in [1.165, 1.54) is 6.42 Å². The maximum atomic E-state index is 9.74. The van der Waals surface area contributed by atoms with E-state index in [1.54, 1.807) is 11.3 Å². The summed E-state index contributed by atoms with van der Waals surface area (Å²) in [5.74, 6) is 0.815. The minimum Gasteiger partial charge on any atom is -0.387 e. The lowest BCUT2D eigenvalue weighted by molar-refractivity contribution is 0.208. The van der Waals surface area contributed by atoms with E-state index in [1.807, 2.05) is 29.3 Å². The summed E-state index contributed by atoms with van der Waals surface area (Å²) >= 11 is 3.47. The summed E-state index contributed by atoms with van der Waals surface area (Å²) in [5, 5.41) is 12.4. The Labute approximate surface area is 88.2 Å². The van der Waals surface area contributed by atoms with Crippen molar-refractivity contribution >= 4 is 23.1 Å². The molecule has 0 spiro atoms. The quantitative estimate of drug-likeness (QED) is 0.815. The molecule has 0 amide bonds. The van der Waals surface area contributed by atoms with E-state index >= 15 is 0 Å². The molecule has 1 N–H and O–H groups in total. The summed E-state index contributed by atoms with van der Waals surface area (Å²) in [6.45, 7) is 4.38. The third-order valence-corrected chi connectivity index (χ3v) is 4.37. The molecule has 3 heteroatoms. The minimum atomic E-state index is -0.279. The lowest BCUT2D eigenvalue weighted by Crippen LogP contribution is -2.02. The molecule has 0 saturated heterocycles. The molecule has 0 saturated carbocycles. The molecule has 2 unspecified atom stereocenters. The first kappa shape index (κ1) is 11.1. The van der Waals surface area contributed by atoms with Crippen molar-refractivity contribution in [2.45, 2.75) is 31.6 Å². The van der Waals surface area contributed by atoms with Crippen LogP contribution in [0.25, 0.3) is 0 Å². The van der Waals surface area contributed by atoms with E-state index < -0.39 is 0 Å². The molecule has 0 aliphatic rings. The molecule has 0 fully saturated rings. The van der Waals surface area contributed by atoms with Crippen molar-refractivity contribution in [3.05, 3.63) is 22.4 Å². The molecule has 0 aliphatic heterocycles. The summed E-state index contributed by atoms with van der Waals surface area (Å²) in [5.41, 5.74) is 0. The van der Waals surface area contributed by atoms with Crippen LogP contribution < -0.4 is 0 Å². The van der Waals surface area contributed by atoms with Crippen LogP contribution in [0, 0.1) is 0 Å². The van der Waals surface area contributed by atoms with Gasteiger partial charge in [0.25, 0.3) is 0 Å². The molecule has 1 aromatic heterocycles. The van der Waals surface area contributed by atoms with Crippen LogP contribution in [0.15, 0.2) is 17.5 Å². The van der Waals surface area contributed by atoms with E-state index in [2.05, 4.69) is 13.8 Å². The molecular weight excluding hydrogens is 200 g/mol. The zero-order valence-corrected chi connectivity index (χ0v) is 9.70. The zero-order valence-electron chi connectivity index (χ0n) is 8.06. The molecule has 0 radical (unpaired) electrons. The second-order valence-electron chi connectivity index (χ2n) is 3.08.